The topological polar surface area (TPSA) is 46.1 Å². The van der Waals surface area contributed by atoms with Crippen LogP contribution in [-0.2, 0) is 10.5 Å². The second kappa shape index (κ2) is 7.93. The van der Waals surface area contributed by atoms with Crippen molar-refractivity contribution in [2.45, 2.75) is 31.4 Å². The van der Waals surface area contributed by atoms with Crippen LogP contribution >= 0.6 is 23.1 Å². The molecule has 1 unspecified atom stereocenters. The first-order valence-electron chi connectivity index (χ1n) is 7.92. The lowest BCUT2D eigenvalue weighted by atomic mass is 9.99. The second-order valence-corrected chi connectivity index (χ2v) is 8.02. The van der Waals surface area contributed by atoms with Gasteiger partial charge in [0.2, 0.25) is 5.91 Å². The van der Waals surface area contributed by atoms with E-state index in [-0.39, 0.29) is 5.91 Å². The van der Waals surface area contributed by atoms with Crippen molar-refractivity contribution in [3.05, 3.63) is 45.9 Å². The highest BCUT2D eigenvalue weighted by molar-refractivity contribution is 7.99. The number of rotatable bonds is 5. The lowest BCUT2D eigenvalue weighted by Gasteiger charge is -2.31. The quantitative estimate of drug-likeness (QED) is 0.831. The summed E-state index contributed by atoms with van der Waals surface area (Å²) in [5.74, 6) is 2.05. The molecule has 2 heterocycles. The van der Waals surface area contributed by atoms with E-state index in [1.54, 1.807) is 23.1 Å². The zero-order valence-electron chi connectivity index (χ0n) is 13.3. The van der Waals surface area contributed by atoms with Crippen molar-refractivity contribution in [2.75, 3.05) is 18.8 Å². The van der Waals surface area contributed by atoms with Gasteiger partial charge in [-0.2, -0.15) is 0 Å². The molecule has 1 aliphatic rings. The predicted molar refractivity (Wildman–Crippen MR) is 95.8 cm³/mol. The summed E-state index contributed by atoms with van der Waals surface area (Å²) in [7, 11) is 0. The molecule has 4 nitrogen and oxygen atoms in total. The Morgan fingerprint density at radius 2 is 2.17 bits per heavy atom. The van der Waals surface area contributed by atoms with Gasteiger partial charge in [0.25, 0.3) is 0 Å². The lowest BCUT2D eigenvalue weighted by Crippen LogP contribution is -2.40. The van der Waals surface area contributed by atoms with E-state index in [2.05, 4.69) is 22.3 Å². The molecule has 1 fully saturated rings. The number of aromatic nitrogens is 2. The van der Waals surface area contributed by atoms with Crippen LogP contribution in [0.15, 0.2) is 30.3 Å². The van der Waals surface area contributed by atoms with Gasteiger partial charge >= 0.3 is 0 Å². The monoisotopic (exact) mass is 347 g/mol. The molecule has 23 heavy (non-hydrogen) atoms. The number of thioether (sulfide) groups is 1. The molecular formula is C17H21N3OS2. The maximum absolute atomic E-state index is 12.4. The Kier molecular flexibility index (Phi) is 5.67. The molecule has 1 atom stereocenters. The summed E-state index contributed by atoms with van der Waals surface area (Å²) in [5, 5.41) is 10.4. The van der Waals surface area contributed by atoms with E-state index in [1.807, 2.05) is 30.0 Å². The fourth-order valence-corrected chi connectivity index (χ4v) is 4.52. The third kappa shape index (κ3) is 4.54. The van der Waals surface area contributed by atoms with Crippen LogP contribution in [0.3, 0.4) is 0 Å². The Morgan fingerprint density at radius 1 is 1.35 bits per heavy atom. The van der Waals surface area contributed by atoms with Crippen LogP contribution in [-0.4, -0.2) is 39.8 Å². The standard InChI is InChI=1S/C17H21N3OS2/c1-13-18-19-17(23-13)15-8-5-9-20(10-15)16(21)12-22-11-14-6-3-2-4-7-14/h2-4,6-7,15H,5,8-12H2,1H3. The fraction of sp³-hybridized carbons (Fsp3) is 0.471. The molecule has 122 valence electrons. The minimum absolute atomic E-state index is 0.247. The molecule has 0 spiro atoms. The number of aryl methyl sites for hydroxylation is 1. The molecule has 0 N–H and O–H groups in total. The SMILES string of the molecule is Cc1nnc(C2CCCN(C(=O)CSCc3ccccc3)C2)s1. The maximum Gasteiger partial charge on any atom is 0.232 e. The molecule has 0 aliphatic carbocycles. The molecule has 6 heteroatoms. The van der Waals surface area contributed by atoms with E-state index in [9.17, 15) is 4.79 Å². The molecule has 3 rings (SSSR count). The van der Waals surface area contributed by atoms with Gasteiger partial charge in [0.1, 0.15) is 10.0 Å². The smallest absolute Gasteiger partial charge is 0.232 e. The highest BCUT2D eigenvalue weighted by Gasteiger charge is 2.26. The van der Waals surface area contributed by atoms with Crippen LogP contribution in [0, 0.1) is 6.92 Å². The number of hydrogen-bond acceptors (Lipinski definition) is 5. The molecule has 0 radical (unpaired) electrons. The van der Waals surface area contributed by atoms with E-state index in [1.165, 1.54) is 5.56 Å². The number of piperidine rings is 1. The molecule has 0 saturated carbocycles. The number of amides is 1. The Balaban J connectivity index is 1.49. The van der Waals surface area contributed by atoms with Crippen LogP contribution in [0.1, 0.15) is 34.3 Å². The summed E-state index contributed by atoms with van der Waals surface area (Å²) in [4.78, 5) is 14.4. The van der Waals surface area contributed by atoms with Crippen molar-refractivity contribution in [3.8, 4) is 0 Å². The summed E-state index contributed by atoms with van der Waals surface area (Å²) in [5.41, 5.74) is 1.27. The summed E-state index contributed by atoms with van der Waals surface area (Å²) in [6.07, 6.45) is 2.16. The van der Waals surface area contributed by atoms with Gasteiger partial charge in [-0.1, -0.05) is 30.3 Å². The maximum atomic E-state index is 12.4. The average molecular weight is 348 g/mol. The van der Waals surface area contributed by atoms with Crippen LogP contribution in [0.4, 0.5) is 0 Å². The number of benzene rings is 1. The van der Waals surface area contributed by atoms with E-state index in [4.69, 9.17) is 0 Å². The molecular weight excluding hydrogens is 326 g/mol. The fourth-order valence-electron chi connectivity index (χ4n) is 2.80. The Morgan fingerprint density at radius 3 is 2.91 bits per heavy atom. The van der Waals surface area contributed by atoms with Gasteiger partial charge in [-0.15, -0.1) is 33.3 Å². The highest BCUT2D eigenvalue weighted by Crippen LogP contribution is 2.29. The van der Waals surface area contributed by atoms with Crippen molar-refractivity contribution >= 4 is 29.0 Å². The van der Waals surface area contributed by atoms with Crippen LogP contribution in [0.2, 0.25) is 0 Å². The third-order valence-corrected chi connectivity index (χ3v) is 5.99. The minimum Gasteiger partial charge on any atom is -0.341 e. The van der Waals surface area contributed by atoms with Gasteiger partial charge in [0.15, 0.2) is 0 Å². The molecule has 1 saturated heterocycles. The van der Waals surface area contributed by atoms with E-state index >= 15 is 0 Å². The predicted octanol–water partition coefficient (Wildman–Crippen LogP) is 3.49. The summed E-state index contributed by atoms with van der Waals surface area (Å²) in [6.45, 7) is 3.64. The van der Waals surface area contributed by atoms with Crippen LogP contribution < -0.4 is 0 Å². The van der Waals surface area contributed by atoms with E-state index in [0.29, 0.717) is 11.7 Å². The second-order valence-electron chi connectivity index (χ2n) is 5.82. The van der Waals surface area contributed by atoms with Crippen molar-refractivity contribution in [1.29, 1.82) is 0 Å². The van der Waals surface area contributed by atoms with Gasteiger partial charge < -0.3 is 4.90 Å². The Bertz CT molecular complexity index is 644. The highest BCUT2D eigenvalue weighted by atomic mass is 32.2. The largest absolute Gasteiger partial charge is 0.341 e. The molecule has 1 aromatic carbocycles. The number of nitrogens with zero attached hydrogens (tertiary/aromatic N) is 3. The molecule has 0 bridgehead atoms. The first-order valence-corrected chi connectivity index (χ1v) is 9.89. The van der Waals surface area contributed by atoms with Gasteiger partial charge in [-0.05, 0) is 25.3 Å². The number of carbonyl (C=O) groups excluding carboxylic acids is 1. The van der Waals surface area contributed by atoms with Crippen molar-refractivity contribution in [3.63, 3.8) is 0 Å². The van der Waals surface area contributed by atoms with Crippen molar-refractivity contribution in [2.24, 2.45) is 0 Å². The zero-order valence-corrected chi connectivity index (χ0v) is 14.9. The minimum atomic E-state index is 0.247. The average Bonchev–Trinajstić information content (AvgIpc) is 3.02. The summed E-state index contributed by atoms with van der Waals surface area (Å²) in [6, 6.07) is 10.3. The molecule has 1 amide bonds. The van der Waals surface area contributed by atoms with E-state index < -0.39 is 0 Å². The van der Waals surface area contributed by atoms with Crippen molar-refractivity contribution in [1.82, 2.24) is 15.1 Å². The number of likely N-dealkylation sites (tertiary alicyclic amines) is 1. The number of carbonyl (C=O) groups is 1. The molecule has 1 aromatic heterocycles. The zero-order chi connectivity index (χ0) is 16.1. The number of hydrogen-bond donors (Lipinski definition) is 0. The summed E-state index contributed by atoms with van der Waals surface area (Å²) < 4.78 is 0. The van der Waals surface area contributed by atoms with Gasteiger partial charge in [0, 0.05) is 24.8 Å². The van der Waals surface area contributed by atoms with Crippen LogP contribution in [0.5, 0.6) is 0 Å². The van der Waals surface area contributed by atoms with Gasteiger partial charge in [0.05, 0.1) is 5.75 Å². The summed E-state index contributed by atoms with van der Waals surface area (Å²) >= 11 is 3.35. The normalized spacial score (nSPS) is 18.1. The van der Waals surface area contributed by atoms with E-state index in [0.717, 1.165) is 41.7 Å². The first kappa shape index (κ1) is 16.5. The molecule has 2 aromatic rings. The molecule has 1 aliphatic heterocycles. The Labute approximate surface area is 145 Å². The third-order valence-electron chi connectivity index (χ3n) is 4.00. The van der Waals surface area contributed by atoms with Gasteiger partial charge in [-0.3, -0.25) is 4.79 Å². The van der Waals surface area contributed by atoms with Crippen LogP contribution in [0.25, 0.3) is 0 Å². The lowest BCUT2D eigenvalue weighted by molar-refractivity contribution is -0.129. The first-order chi connectivity index (χ1) is 11.2. The van der Waals surface area contributed by atoms with Gasteiger partial charge in [-0.25, -0.2) is 0 Å². The van der Waals surface area contributed by atoms with Crippen molar-refractivity contribution < 1.29 is 4.79 Å². The Hall–Kier alpha value is -1.40.